The lowest BCUT2D eigenvalue weighted by Crippen LogP contribution is -1.96. The Balaban J connectivity index is 1.26. The third-order valence-corrected chi connectivity index (χ3v) is 9.70. The predicted octanol–water partition coefficient (Wildman–Crippen LogP) is 11.9. The Morgan fingerprint density at radius 3 is 1.72 bits per heavy atom. The van der Waals surface area contributed by atoms with Gasteiger partial charge >= 0.3 is 0 Å². The number of rotatable bonds is 3. The van der Waals surface area contributed by atoms with Gasteiger partial charge in [-0.1, -0.05) is 109 Å². The lowest BCUT2D eigenvalue weighted by molar-refractivity contribution is 1.13. The summed E-state index contributed by atoms with van der Waals surface area (Å²) in [6.45, 7) is 0. The van der Waals surface area contributed by atoms with Gasteiger partial charge < -0.3 is 9.13 Å². The molecule has 0 saturated carbocycles. The molecule has 0 aliphatic rings. The Labute approximate surface area is 266 Å². The van der Waals surface area contributed by atoms with Crippen LogP contribution in [0.1, 0.15) is 0 Å². The molecule has 0 atom stereocenters. The summed E-state index contributed by atoms with van der Waals surface area (Å²) in [4.78, 5) is 0. The van der Waals surface area contributed by atoms with Gasteiger partial charge in [-0.2, -0.15) is 0 Å². The second-order valence-electron chi connectivity index (χ2n) is 12.2. The van der Waals surface area contributed by atoms with Gasteiger partial charge in [0.1, 0.15) is 0 Å². The van der Waals surface area contributed by atoms with E-state index in [4.69, 9.17) is 0 Å². The largest absolute Gasteiger partial charge is 0.316 e. The number of hydrogen-bond donors (Lipinski definition) is 0. The van der Waals surface area contributed by atoms with Crippen LogP contribution in [0, 0.1) is 0 Å². The summed E-state index contributed by atoms with van der Waals surface area (Å²) in [5, 5.41) is 11.5. The van der Waals surface area contributed by atoms with Crippen molar-refractivity contribution in [3.63, 3.8) is 0 Å². The second kappa shape index (κ2) is 9.69. The molecular weight excluding hydrogens is 556 g/mol. The van der Waals surface area contributed by atoms with Gasteiger partial charge in [-0.3, -0.25) is 0 Å². The molecule has 0 amide bonds. The molecule has 2 heterocycles. The van der Waals surface area contributed by atoms with Crippen LogP contribution in [0.2, 0.25) is 0 Å². The monoisotopic (exact) mass is 584 g/mol. The van der Waals surface area contributed by atoms with Crippen molar-refractivity contribution in [1.29, 1.82) is 0 Å². The molecular formula is C44H28N2. The van der Waals surface area contributed by atoms with Gasteiger partial charge in [0.15, 0.2) is 0 Å². The van der Waals surface area contributed by atoms with Crippen molar-refractivity contribution >= 4 is 65.0 Å². The van der Waals surface area contributed by atoms with Gasteiger partial charge in [0.25, 0.3) is 0 Å². The molecule has 214 valence electrons. The van der Waals surface area contributed by atoms with Crippen LogP contribution in [-0.4, -0.2) is 9.13 Å². The lowest BCUT2D eigenvalue weighted by Gasteiger charge is -2.15. The molecule has 10 rings (SSSR count). The van der Waals surface area contributed by atoms with Crippen LogP contribution >= 0.6 is 0 Å². The van der Waals surface area contributed by atoms with Crippen molar-refractivity contribution in [3.05, 3.63) is 170 Å². The maximum Gasteiger partial charge on any atom is 0.0562 e. The summed E-state index contributed by atoms with van der Waals surface area (Å²) in [5.41, 5.74) is 8.44. The highest BCUT2D eigenvalue weighted by molar-refractivity contribution is 6.26. The minimum absolute atomic E-state index is 1.17. The molecule has 0 aliphatic carbocycles. The van der Waals surface area contributed by atoms with Crippen LogP contribution < -0.4 is 0 Å². The summed E-state index contributed by atoms with van der Waals surface area (Å²) in [5.74, 6) is 0. The third kappa shape index (κ3) is 3.65. The molecule has 0 aliphatic heterocycles. The smallest absolute Gasteiger partial charge is 0.0562 e. The van der Waals surface area contributed by atoms with Gasteiger partial charge in [0, 0.05) is 33.7 Å². The fraction of sp³-hybridized carbons (Fsp3) is 0. The number of fused-ring (bicyclic) bond motifs is 10. The van der Waals surface area contributed by atoms with Crippen LogP contribution in [-0.2, 0) is 0 Å². The number of nitrogens with zero attached hydrogens (tertiary/aromatic N) is 2. The topological polar surface area (TPSA) is 9.86 Å². The first kappa shape index (κ1) is 25.2. The van der Waals surface area contributed by atoms with Crippen molar-refractivity contribution in [2.24, 2.45) is 0 Å². The summed E-state index contributed by atoms with van der Waals surface area (Å²) in [6, 6.07) is 59.8. The normalized spacial score (nSPS) is 11.9. The Morgan fingerprint density at radius 2 is 0.935 bits per heavy atom. The zero-order valence-electron chi connectivity index (χ0n) is 25.1. The van der Waals surface area contributed by atoms with Crippen LogP contribution in [0.5, 0.6) is 0 Å². The van der Waals surface area contributed by atoms with E-state index in [-0.39, 0.29) is 0 Å². The van der Waals surface area contributed by atoms with Gasteiger partial charge in [0.2, 0.25) is 0 Å². The molecule has 0 saturated heterocycles. The molecule has 0 fully saturated rings. The van der Waals surface area contributed by atoms with E-state index in [1.807, 2.05) is 0 Å². The highest BCUT2D eigenvalue weighted by atomic mass is 15.0. The molecule has 0 unspecified atom stereocenters. The van der Waals surface area contributed by atoms with Crippen molar-refractivity contribution < 1.29 is 0 Å². The van der Waals surface area contributed by atoms with E-state index in [0.717, 1.165) is 0 Å². The molecule has 8 aromatic carbocycles. The number of hydrogen-bond acceptors (Lipinski definition) is 0. The first-order valence-electron chi connectivity index (χ1n) is 15.9. The maximum absolute atomic E-state index is 2.45. The maximum atomic E-state index is 2.45. The van der Waals surface area contributed by atoms with E-state index in [1.54, 1.807) is 0 Å². The van der Waals surface area contributed by atoms with Crippen LogP contribution in [0.25, 0.3) is 87.5 Å². The van der Waals surface area contributed by atoms with Crippen LogP contribution in [0.15, 0.2) is 170 Å². The van der Waals surface area contributed by atoms with E-state index in [2.05, 4.69) is 179 Å². The average Bonchev–Trinajstić information content (AvgIpc) is 3.69. The fourth-order valence-electron chi connectivity index (χ4n) is 7.58. The SMILES string of the molecule is c1ccc(-c2ccc3c4ccc(-n5c6ccccc6c6cc7ccn(-c8ccccc8)c7cc65)cc4c4ccccc4c3c2)cc1. The number of benzene rings is 8. The zero-order chi connectivity index (χ0) is 30.2. The molecule has 10 aromatic rings. The van der Waals surface area contributed by atoms with E-state index in [0.29, 0.717) is 0 Å². The predicted molar refractivity (Wildman–Crippen MR) is 196 cm³/mol. The molecule has 0 radical (unpaired) electrons. The molecule has 2 heteroatoms. The van der Waals surface area contributed by atoms with Crippen LogP contribution in [0.4, 0.5) is 0 Å². The third-order valence-electron chi connectivity index (χ3n) is 9.70. The average molecular weight is 585 g/mol. The van der Waals surface area contributed by atoms with E-state index in [1.165, 1.54) is 87.5 Å². The van der Waals surface area contributed by atoms with Crippen molar-refractivity contribution in [2.45, 2.75) is 0 Å². The molecule has 0 N–H and O–H groups in total. The molecule has 2 aromatic heterocycles. The lowest BCUT2D eigenvalue weighted by atomic mass is 9.92. The minimum Gasteiger partial charge on any atom is -0.316 e. The Bertz CT molecular complexity index is 2760. The Kier molecular flexibility index (Phi) is 5.31. The second-order valence-corrected chi connectivity index (χ2v) is 12.2. The van der Waals surface area contributed by atoms with Crippen molar-refractivity contribution in [3.8, 4) is 22.5 Å². The van der Waals surface area contributed by atoms with Gasteiger partial charge in [0.05, 0.1) is 16.6 Å². The van der Waals surface area contributed by atoms with E-state index < -0.39 is 0 Å². The zero-order valence-corrected chi connectivity index (χ0v) is 25.1. The minimum atomic E-state index is 1.17. The molecule has 0 bridgehead atoms. The number of aromatic nitrogens is 2. The standard InChI is InChI=1S/C44H28N2/c1-3-11-29(12-4-1)30-19-21-36-37-22-20-33(27-40(37)35-16-8-7-15-34(35)39(36)25-30)46-42-18-10-9-17-38(42)41-26-31-23-24-45(43(31)28-44(41)46)32-13-5-2-6-14-32/h1-28H. The van der Waals surface area contributed by atoms with E-state index >= 15 is 0 Å². The van der Waals surface area contributed by atoms with Gasteiger partial charge in [-0.15, -0.1) is 0 Å². The summed E-state index contributed by atoms with van der Waals surface area (Å²) in [7, 11) is 0. The molecule has 46 heavy (non-hydrogen) atoms. The van der Waals surface area contributed by atoms with Gasteiger partial charge in [-0.05, 0) is 98.0 Å². The summed E-state index contributed by atoms with van der Waals surface area (Å²) in [6.07, 6.45) is 2.18. The van der Waals surface area contributed by atoms with Crippen molar-refractivity contribution in [1.82, 2.24) is 9.13 Å². The van der Waals surface area contributed by atoms with Crippen LogP contribution in [0.3, 0.4) is 0 Å². The summed E-state index contributed by atoms with van der Waals surface area (Å²) < 4.78 is 4.74. The van der Waals surface area contributed by atoms with Crippen molar-refractivity contribution in [2.75, 3.05) is 0 Å². The Hall–Kier alpha value is -6.12. The first-order valence-corrected chi connectivity index (χ1v) is 15.9. The molecule has 2 nitrogen and oxygen atoms in total. The van der Waals surface area contributed by atoms with E-state index in [9.17, 15) is 0 Å². The fourth-order valence-corrected chi connectivity index (χ4v) is 7.58. The van der Waals surface area contributed by atoms with Gasteiger partial charge in [-0.25, -0.2) is 0 Å². The highest BCUT2D eigenvalue weighted by Crippen LogP contribution is 2.40. The quantitative estimate of drug-likeness (QED) is 0.183. The summed E-state index contributed by atoms with van der Waals surface area (Å²) >= 11 is 0. The first-order chi connectivity index (χ1) is 22.8. The highest BCUT2D eigenvalue weighted by Gasteiger charge is 2.17. The molecule has 0 spiro atoms. The Morgan fingerprint density at radius 1 is 0.304 bits per heavy atom. The number of para-hydroxylation sites is 2.